The molecule has 0 radical (unpaired) electrons. The summed E-state index contributed by atoms with van der Waals surface area (Å²) in [4.78, 5) is 3.21. The molecule has 0 amide bonds. The lowest BCUT2D eigenvalue weighted by molar-refractivity contribution is 1.48. The number of benzene rings is 2. The highest BCUT2D eigenvalue weighted by Gasteiger charge is 2.00. The Labute approximate surface area is 93.7 Å². The topological polar surface area (TPSA) is 41.8 Å². The van der Waals surface area contributed by atoms with Crippen LogP contribution >= 0.6 is 0 Å². The van der Waals surface area contributed by atoms with Crippen LogP contribution in [-0.2, 0) is 0 Å². The van der Waals surface area contributed by atoms with Gasteiger partial charge in [0.15, 0.2) is 0 Å². The van der Waals surface area contributed by atoms with Crippen molar-refractivity contribution in [2.75, 3.05) is 5.73 Å². The first-order valence-corrected chi connectivity index (χ1v) is 5.26. The van der Waals surface area contributed by atoms with Crippen molar-refractivity contribution in [2.45, 2.75) is 0 Å². The summed E-state index contributed by atoms with van der Waals surface area (Å²) in [5.74, 6) is 0. The smallest absolute Gasteiger partial charge is 0.0460 e. The second kappa shape index (κ2) is 3.42. The predicted molar refractivity (Wildman–Crippen MR) is 68.1 cm³/mol. The molecule has 2 nitrogen and oxygen atoms in total. The van der Waals surface area contributed by atoms with Crippen molar-refractivity contribution in [3.8, 4) is 11.1 Å². The molecular formula is C14H12N2. The Balaban J connectivity index is 2.18. The van der Waals surface area contributed by atoms with Crippen LogP contribution in [0.15, 0.2) is 54.7 Å². The van der Waals surface area contributed by atoms with Crippen LogP contribution in [-0.4, -0.2) is 4.98 Å². The van der Waals surface area contributed by atoms with Crippen LogP contribution in [0.5, 0.6) is 0 Å². The van der Waals surface area contributed by atoms with Crippen molar-refractivity contribution in [3.05, 3.63) is 54.7 Å². The SMILES string of the molecule is Nc1cccc(-c2ccc3cc[nH]c3c2)c1. The molecule has 3 aromatic rings. The Hall–Kier alpha value is -2.22. The fraction of sp³-hybridized carbons (Fsp3) is 0. The second-order valence-electron chi connectivity index (χ2n) is 3.91. The monoisotopic (exact) mass is 208 g/mol. The largest absolute Gasteiger partial charge is 0.399 e. The lowest BCUT2D eigenvalue weighted by Crippen LogP contribution is -1.85. The number of nitrogen functional groups attached to an aromatic ring is 1. The van der Waals surface area contributed by atoms with Crippen molar-refractivity contribution in [1.82, 2.24) is 4.98 Å². The number of hydrogen-bond acceptors (Lipinski definition) is 1. The number of nitrogens with two attached hydrogens (primary N) is 1. The highest BCUT2D eigenvalue weighted by atomic mass is 14.7. The van der Waals surface area contributed by atoms with Crippen LogP contribution < -0.4 is 5.73 Å². The fourth-order valence-corrected chi connectivity index (χ4v) is 1.95. The molecule has 0 atom stereocenters. The van der Waals surface area contributed by atoms with Crippen molar-refractivity contribution in [1.29, 1.82) is 0 Å². The van der Waals surface area contributed by atoms with E-state index in [-0.39, 0.29) is 0 Å². The molecule has 16 heavy (non-hydrogen) atoms. The maximum atomic E-state index is 5.78. The summed E-state index contributed by atoms with van der Waals surface area (Å²) < 4.78 is 0. The molecule has 0 aliphatic carbocycles. The predicted octanol–water partition coefficient (Wildman–Crippen LogP) is 3.42. The van der Waals surface area contributed by atoms with Gasteiger partial charge in [0.05, 0.1) is 0 Å². The van der Waals surface area contributed by atoms with Gasteiger partial charge < -0.3 is 10.7 Å². The van der Waals surface area contributed by atoms with E-state index >= 15 is 0 Å². The third-order valence-corrected chi connectivity index (χ3v) is 2.77. The van der Waals surface area contributed by atoms with Gasteiger partial charge >= 0.3 is 0 Å². The Morgan fingerprint density at radius 3 is 2.62 bits per heavy atom. The van der Waals surface area contributed by atoms with Gasteiger partial charge in [-0.1, -0.05) is 24.3 Å². The summed E-state index contributed by atoms with van der Waals surface area (Å²) in [7, 11) is 0. The molecule has 0 unspecified atom stereocenters. The van der Waals surface area contributed by atoms with Gasteiger partial charge in [0.2, 0.25) is 0 Å². The van der Waals surface area contributed by atoms with E-state index in [0.29, 0.717) is 0 Å². The van der Waals surface area contributed by atoms with Crippen molar-refractivity contribution in [3.63, 3.8) is 0 Å². The van der Waals surface area contributed by atoms with Crippen LogP contribution in [0.2, 0.25) is 0 Å². The molecule has 0 bridgehead atoms. The quantitative estimate of drug-likeness (QED) is 0.591. The number of aromatic amines is 1. The maximum absolute atomic E-state index is 5.78. The van der Waals surface area contributed by atoms with Crippen LogP contribution in [0.25, 0.3) is 22.0 Å². The Morgan fingerprint density at radius 1 is 0.875 bits per heavy atom. The van der Waals surface area contributed by atoms with E-state index in [2.05, 4.69) is 35.3 Å². The number of rotatable bonds is 1. The third-order valence-electron chi connectivity index (χ3n) is 2.77. The molecule has 0 fully saturated rings. The maximum Gasteiger partial charge on any atom is 0.0460 e. The third kappa shape index (κ3) is 1.44. The van der Waals surface area contributed by atoms with Crippen molar-refractivity contribution < 1.29 is 0 Å². The zero-order valence-electron chi connectivity index (χ0n) is 8.77. The van der Waals surface area contributed by atoms with E-state index in [0.717, 1.165) is 16.8 Å². The lowest BCUT2D eigenvalue weighted by Gasteiger charge is -2.03. The van der Waals surface area contributed by atoms with Gasteiger partial charge in [0.25, 0.3) is 0 Å². The molecule has 0 spiro atoms. The van der Waals surface area contributed by atoms with Gasteiger partial charge in [-0.3, -0.25) is 0 Å². The highest BCUT2D eigenvalue weighted by molar-refractivity contribution is 5.85. The molecule has 0 saturated heterocycles. The molecule has 3 rings (SSSR count). The number of nitrogens with one attached hydrogen (secondary N) is 1. The molecular weight excluding hydrogens is 196 g/mol. The Kier molecular flexibility index (Phi) is 1.93. The van der Waals surface area contributed by atoms with Crippen LogP contribution in [0, 0.1) is 0 Å². The van der Waals surface area contributed by atoms with Gasteiger partial charge in [0.1, 0.15) is 0 Å². The normalized spacial score (nSPS) is 10.8. The fourth-order valence-electron chi connectivity index (χ4n) is 1.95. The van der Waals surface area contributed by atoms with Gasteiger partial charge in [-0.25, -0.2) is 0 Å². The summed E-state index contributed by atoms with van der Waals surface area (Å²) in [6.45, 7) is 0. The minimum absolute atomic E-state index is 0.795. The van der Waals surface area contributed by atoms with E-state index in [1.165, 1.54) is 10.9 Å². The van der Waals surface area contributed by atoms with Crippen LogP contribution in [0.1, 0.15) is 0 Å². The zero-order valence-corrected chi connectivity index (χ0v) is 8.77. The summed E-state index contributed by atoms with van der Waals surface area (Å²) in [6.07, 6.45) is 1.95. The van der Waals surface area contributed by atoms with Crippen LogP contribution in [0.3, 0.4) is 0 Å². The number of aromatic nitrogens is 1. The molecule has 0 saturated carbocycles. The molecule has 1 aromatic heterocycles. The van der Waals surface area contributed by atoms with Gasteiger partial charge in [-0.2, -0.15) is 0 Å². The first-order chi connectivity index (χ1) is 7.83. The molecule has 2 heteroatoms. The summed E-state index contributed by atoms with van der Waals surface area (Å²) >= 11 is 0. The molecule has 78 valence electrons. The lowest BCUT2D eigenvalue weighted by atomic mass is 10.0. The minimum Gasteiger partial charge on any atom is -0.399 e. The van der Waals surface area contributed by atoms with E-state index in [1.807, 2.05) is 24.4 Å². The average Bonchev–Trinajstić information content (AvgIpc) is 2.75. The summed E-state index contributed by atoms with van der Waals surface area (Å²) in [5.41, 5.74) is 10.1. The molecule has 0 aliphatic rings. The number of H-pyrrole nitrogens is 1. The van der Waals surface area contributed by atoms with E-state index in [4.69, 9.17) is 5.73 Å². The minimum atomic E-state index is 0.795. The standard InChI is InChI=1S/C14H12N2/c15-13-3-1-2-11(8-13)12-5-4-10-6-7-16-14(10)9-12/h1-9,16H,15H2. The van der Waals surface area contributed by atoms with Crippen molar-refractivity contribution in [2.24, 2.45) is 0 Å². The second-order valence-corrected chi connectivity index (χ2v) is 3.91. The average molecular weight is 208 g/mol. The van der Waals surface area contributed by atoms with E-state index < -0.39 is 0 Å². The number of anilines is 1. The first-order valence-electron chi connectivity index (χ1n) is 5.26. The summed E-state index contributed by atoms with van der Waals surface area (Å²) in [5, 5.41) is 1.23. The van der Waals surface area contributed by atoms with E-state index in [1.54, 1.807) is 0 Å². The molecule has 0 aliphatic heterocycles. The summed E-state index contributed by atoms with van der Waals surface area (Å²) in [6, 6.07) is 16.4. The number of fused-ring (bicyclic) bond motifs is 1. The highest BCUT2D eigenvalue weighted by Crippen LogP contribution is 2.24. The number of hydrogen-bond donors (Lipinski definition) is 2. The Bertz CT molecular complexity index is 638. The Morgan fingerprint density at radius 2 is 1.75 bits per heavy atom. The molecule has 2 aromatic carbocycles. The van der Waals surface area contributed by atoms with Crippen LogP contribution in [0.4, 0.5) is 5.69 Å². The zero-order chi connectivity index (χ0) is 11.0. The molecule has 3 N–H and O–H groups in total. The van der Waals surface area contributed by atoms with Gasteiger partial charge in [0, 0.05) is 17.4 Å². The van der Waals surface area contributed by atoms with Gasteiger partial charge in [-0.15, -0.1) is 0 Å². The first kappa shape index (κ1) is 9.04. The van der Waals surface area contributed by atoms with Gasteiger partial charge in [-0.05, 0) is 40.8 Å². The van der Waals surface area contributed by atoms with E-state index in [9.17, 15) is 0 Å². The van der Waals surface area contributed by atoms with Crippen molar-refractivity contribution >= 4 is 16.6 Å². The molecule has 1 heterocycles.